The zero-order chi connectivity index (χ0) is 20.1. The summed E-state index contributed by atoms with van der Waals surface area (Å²) in [5.41, 5.74) is 5.56. The van der Waals surface area contributed by atoms with Crippen LogP contribution in [-0.4, -0.2) is 30.7 Å². The van der Waals surface area contributed by atoms with Crippen molar-refractivity contribution in [1.82, 2.24) is 20.4 Å². The van der Waals surface area contributed by atoms with Gasteiger partial charge in [0.15, 0.2) is 5.11 Å². The number of hydrazone groups is 1. The number of anilines is 1. The Labute approximate surface area is 166 Å². The minimum absolute atomic E-state index is 0.0528. The minimum atomic E-state index is -0.452. The maximum Gasteiger partial charge on any atom is 0.294 e. The highest BCUT2D eigenvalue weighted by molar-refractivity contribution is 7.80. The molecule has 0 aliphatic carbocycles. The van der Waals surface area contributed by atoms with Crippen LogP contribution >= 0.6 is 12.2 Å². The van der Waals surface area contributed by atoms with Gasteiger partial charge in [-0.05, 0) is 44.3 Å². The third-order valence-electron chi connectivity index (χ3n) is 3.90. The summed E-state index contributed by atoms with van der Waals surface area (Å²) >= 11 is 5.22. The molecule has 3 rings (SSSR count). The van der Waals surface area contributed by atoms with Crippen LogP contribution in [0.5, 0.6) is 0 Å². The van der Waals surface area contributed by atoms with Crippen LogP contribution in [-0.2, 0) is 0 Å². The standard InChI is InChI=1S/C18H17N7O2S/c1-12(20-22-18(28)19-14-8-4-3-5-9-14)17-13(2)24(23-21-17)15-10-6-7-11-16(15)25(26)27/h3-11H,1-2H3,(H2,19,22,28)/b20-12-. The number of benzene rings is 2. The van der Waals surface area contributed by atoms with Crippen molar-refractivity contribution in [1.29, 1.82) is 0 Å². The smallest absolute Gasteiger partial charge is 0.294 e. The number of hydrogen-bond donors (Lipinski definition) is 2. The zero-order valence-electron chi connectivity index (χ0n) is 15.2. The lowest BCUT2D eigenvalue weighted by atomic mass is 10.2. The van der Waals surface area contributed by atoms with E-state index in [1.807, 2.05) is 30.3 Å². The molecule has 0 saturated carbocycles. The molecule has 0 aliphatic heterocycles. The van der Waals surface area contributed by atoms with Crippen LogP contribution in [0.15, 0.2) is 59.7 Å². The van der Waals surface area contributed by atoms with E-state index in [4.69, 9.17) is 12.2 Å². The van der Waals surface area contributed by atoms with Gasteiger partial charge in [-0.2, -0.15) is 5.10 Å². The molecule has 0 bridgehead atoms. The van der Waals surface area contributed by atoms with E-state index in [0.717, 1.165) is 5.69 Å². The Balaban J connectivity index is 1.79. The number of nitro benzene ring substituents is 1. The third-order valence-corrected chi connectivity index (χ3v) is 4.09. The summed E-state index contributed by atoms with van der Waals surface area (Å²) in [6, 6.07) is 15.8. The topological polar surface area (TPSA) is 110 Å². The summed E-state index contributed by atoms with van der Waals surface area (Å²) in [6.07, 6.45) is 0. The summed E-state index contributed by atoms with van der Waals surface area (Å²) in [5.74, 6) is 0. The first-order chi connectivity index (χ1) is 13.5. The van der Waals surface area contributed by atoms with E-state index in [1.165, 1.54) is 10.7 Å². The number of para-hydroxylation sites is 3. The van der Waals surface area contributed by atoms with Gasteiger partial charge >= 0.3 is 0 Å². The molecular weight excluding hydrogens is 378 g/mol. The van der Waals surface area contributed by atoms with Crippen LogP contribution in [0.25, 0.3) is 5.69 Å². The zero-order valence-corrected chi connectivity index (χ0v) is 16.0. The van der Waals surface area contributed by atoms with E-state index in [9.17, 15) is 10.1 Å². The van der Waals surface area contributed by atoms with Gasteiger partial charge in [0.1, 0.15) is 11.4 Å². The first-order valence-corrected chi connectivity index (χ1v) is 8.71. The van der Waals surface area contributed by atoms with Crippen LogP contribution in [0.3, 0.4) is 0 Å². The summed E-state index contributed by atoms with van der Waals surface area (Å²) in [4.78, 5) is 10.8. The Morgan fingerprint density at radius 1 is 1.18 bits per heavy atom. The van der Waals surface area contributed by atoms with Crippen LogP contribution in [0, 0.1) is 17.0 Å². The lowest BCUT2D eigenvalue weighted by Gasteiger charge is -2.07. The molecule has 28 heavy (non-hydrogen) atoms. The average Bonchev–Trinajstić information content (AvgIpc) is 3.08. The highest BCUT2D eigenvalue weighted by Crippen LogP contribution is 2.23. The van der Waals surface area contributed by atoms with Gasteiger partial charge in [0.25, 0.3) is 5.69 Å². The van der Waals surface area contributed by atoms with Gasteiger partial charge in [-0.3, -0.25) is 15.5 Å². The Morgan fingerprint density at radius 2 is 1.86 bits per heavy atom. The van der Waals surface area contributed by atoms with Crippen molar-refractivity contribution in [3.8, 4) is 5.69 Å². The fourth-order valence-electron chi connectivity index (χ4n) is 2.56. The second kappa shape index (κ2) is 8.35. The van der Waals surface area contributed by atoms with E-state index < -0.39 is 4.92 Å². The summed E-state index contributed by atoms with van der Waals surface area (Å²) in [7, 11) is 0. The quantitative estimate of drug-likeness (QED) is 0.295. The second-order valence-electron chi connectivity index (χ2n) is 5.81. The molecule has 9 nitrogen and oxygen atoms in total. The molecule has 0 amide bonds. The molecule has 2 aromatic carbocycles. The van der Waals surface area contributed by atoms with Crippen molar-refractivity contribution < 1.29 is 4.92 Å². The van der Waals surface area contributed by atoms with Gasteiger partial charge in [0.2, 0.25) is 0 Å². The Kier molecular flexibility index (Phi) is 5.70. The highest BCUT2D eigenvalue weighted by atomic mass is 32.1. The van der Waals surface area contributed by atoms with Gasteiger partial charge in [0.05, 0.1) is 16.3 Å². The van der Waals surface area contributed by atoms with Crippen molar-refractivity contribution in [2.45, 2.75) is 13.8 Å². The van der Waals surface area contributed by atoms with Crippen molar-refractivity contribution in [3.63, 3.8) is 0 Å². The minimum Gasteiger partial charge on any atom is -0.331 e. The maximum atomic E-state index is 11.3. The maximum absolute atomic E-state index is 11.3. The lowest BCUT2D eigenvalue weighted by molar-refractivity contribution is -0.384. The Morgan fingerprint density at radius 3 is 2.57 bits per heavy atom. The molecule has 0 aliphatic rings. The van der Waals surface area contributed by atoms with Crippen molar-refractivity contribution in [2.24, 2.45) is 5.10 Å². The van der Waals surface area contributed by atoms with E-state index in [0.29, 0.717) is 27.9 Å². The molecule has 10 heteroatoms. The first kappa shape index (κ1) is 19.1. The Hall–Kier alpha value is -3.66. The molecule has 0 saturated heterocycles. The SMILES string of the molecule is C/C(=N/NC(=S)Nc1ccccc1)c1nnn(-c2ccccc2[N+](=O)[O-])c1C. The van der Waals surface area contributed by atoms with Crippen LogP contribution < -0.4 is 10.7 Å². The van der Waals surface area contributed by atoms with Crippen LogP contribution in [0.2, 0.25) is 0 Å². The average molecular weight is 395 g/mol. The monoisotopic (exact) mass is 395 g/mol. The highest BCUT2D eigenvalue weighted by Gasteiger charge is 2.19. The molecule has 142 valence electrons. The van der Waals surface area contributed by atoms with Crippen LogP contribution in [0.1, 0.15) is 18.3 Å². The molecular formula is C18H17N7O2S. The summed E-state index contributed by atoms with van der Waals surface area (Å²) in [5, 5.41) is 27.0. The number of aromatic nitrogens is 3. The molecule has 0 radical (unpaired) electrons. The third kappa shape index (κ3) is 4.18. The molecule has 0 atom stereocenters. The summed E-state index contributed by atoms with van der Waals surface area (Å²) in [6.45, 7) is 3.52. The molecule has 1 heterocycles. The van der Waals surface area contributed by atoms with Crippen molar-refractivity contribution in [2.75, 3.05) is 5.32 Å². The molecule has 0 spiro atoms. The lowest BCUT2D eigenvalue weighted by Crippen LogP contribution is -2.25. The molecule has 1 aromatic heterocycles. The number of nitrogens with zero attached hydrogens (tertiary/aromatic N) is 5. The molecule has 3 aromatic rings. The van der Waals surface area contributed by atoms with E-state index in [2.05, 4.69) is 26.2 Å². The number of hydrogen-bond acceptors (Lipinski definition) is 6. The largest absolute Gasteiger partial charge is 0.331 e. The van der Waals surface area contributed by atoms with E-state index in [-0.39, 0.29) is 5.69 Å². The molecule has 0 unspecified atom stereocenters. The molecule has 0 fully saturated rings. The number of nitrogens with one attached hydrogen (secondary N) is 2. The summed E-state index contributed by atoms with van der Waals surface area (Å²) < 4.78 is 1.42. The predicted octanol–water partition coefficient (Wildman–Crippen LogP) is 3.19. The van der Waals surface area contributed by atoms with Gasteiger partial charge in [-0.1, -0.05) is 35.5 Å². The molecule has 2 N–H and O–H groups in total. The van der Waals surface area contributed by atoms with Crippen molar-refractivity contribution in [3.05, 3.63) is 76.1 Å². The number of rotatable bonds is 5. The predicted molar refractivity (Wildman–Crippen MR) is 111 cm³/mol. The number of nitro groups is 1. The number of thiocarbonyl (C=S) groups is 1. The van der Waals surface area contributed by atoms with Crippen molar-refractivity contribution >= 4 is 34.4 Å². The fraction of sp³-hybridized carbons (Fsp3) is 0.111. The van der Waals surface area contributed by atoms with Gasteiger partial charge in [0, 0.05) is 11.8 Å². The van der Waals surface area contributed by atoms with Gasteiger partial charge in [-0.25, -0.2) is 4.68 Å². The first-order valence-electron chi connectivity index (χ1n) is 8.30. The van der Waals surface area contributed by atoms with Gasteiger partial charge < -0.3 is 5.32 Å². The fourth-order valence-corrected chi connectivity index (χ4v) is 2.72. The van der Waals surface area contributed by atoms with Crippen LogP contribution in [0.4, 0.5) is 11.4 Å². The normalized spacial score (nSPS) is 11.1. The van der Waals surface area contributed by atoms with E-state index in [1.54, 1.807) is 32.0 Å². The van der Waals surface area contributed by atoms with Gasteiger partial charge in [-0.15, -0.1) is 5.10 Å². The van der Waals surface area contributed by atoms with E-state index >= 15 is 0 Å². The second-order valence-corrected chi connectivity index (χ2v) is 6.22. The Bertz CT molecular complexity index is 1050.